The maximum absolute atomic E-state index is 12.9. The molecule has 1 atom stereocenters. The summed E-state index contributed by atoms with van der Waals surface area (Å²) < 4.78 is 6.84. The van der Waals surface area contributed by atoms with Crippen LogP contribution in [0.15, 0.2) is 24.4 Å². The Morgan fingerprint density at radius 3 is 2.59 bits per heavy atom. The minimum atomic E-state index is -0.103. The molecule has 1 saturated heterocycles. The van der Waals surface area contributed by atoms with E-state index in [9.17, 15) is 9.59 Å². The monoisotopic (exact) mass is 390 g/mol. The average molecular weight is 391 g/mol. The number of hydrogen-bond donors (Lipinski definition) is 0. The summed E-state index contributed by atoms with van der Waals surface area (Å²) in [6.45, 7) is 5.19. The quantitative estimate of drug-likeness (QED) is 0.807. The highest BCUT2D eigenvalue weighted by atomic mass is 35.5. The van der Waals surface area contributed by atoms with Crippen LogP contribution in [0, 0.1) is 6.92 Å². The fraction of sp³-hybridized carbons (Fsp3) is 0.421. The van der Waals surface area contributed by atoms with Crippen molar-refractivity contribution < 1.29 is 14.3 Å². The number of hydrogen-bond acceptors (Lipinski definition) is 4. The lowest BCUT2D eigenvalue weighted by molar-refractivity contribution is 0.0414. The molecule has 0 N–H and O–H groups in total. The Bertz CT molecular complexity index is 880. The van der Waals surface area contributed by atoms with Crippen molar-refractivity contribution in [3.05, 3.63) is 46.2 Å². The molecule has 1 fully saturated rings. The van der Waals surface area contributed by atoms with Crippen LogP contribution < -0.4 is 4.74 Å². The highest BCUT2D eigenvalue weighted by molar-refractivity contribution is 6.32. The van der Waals surface area contributed by atoms with Crippen molar-refractivity contribution in [2.24, 2.45) is 7.05 Å². The van der Waals surface area contributed by atoms with Crippen LogP contribution in [0.2, 0.25) is 5.02 Å². The van der Waals surface area contributed by atoms with E-state index < -0.39 is 0 Å². The van der Waals surface area contributed by atoms with Crippen LogP contribution in [-0.2, 0) is 7.05 Å². The van der Waals surface area contributed by atoms with Gasteiger partial charge in [0.15, 0.2) is 0 Å². The van der Waals surface area contributed by atoms with Crippen molar-refractivity contribution >= 4 is 23.4 Å². The van der Waals surface area contributed by atoms with Gasteiger partial charge in [-0.05, 0) is 32.0 Å². The van der Waals surface area contributed by atoms with E-state index in [4.69, 9.17) is 16.3 Å². The maximum atomic E-state index is 12.9. The minimum absolute atomic E-state index is 0.0484. The number of aryl methyl sites for hydroxylation is 2. The molecule has 7 nitrogen and oxygen atoms in total. The van der Waals surface area contributed by atoms with Gasteiger partial charge in [-0.1, -0.05) is 11.6 Å². The fourth-order valence-electron chi connectivity index (χ4n) is 3.38. The molecule has 2 amide bonds. The van der Waals surface area contributed by atoms with E-state index >= 15 is 0 Å². The maximum Gasteiger partial charge on any atom is 0.257 e. The highest BCUT2D eigenvalue weighted by Crippen LogP contribution is 2.26. The Kier molecular flexibility index (Phi) is 5.41. The average Bonchev–Trinajstić information content (AvgIpc) is 2.99. The van der Waals surface area contributed by atoms with E-state index in [0.29, 0.717) is 47.2 Å². The molecule has 0 aliphatic carbocycles. The predicted molar refractivity (Wildman–Crippen MR) is 102 cm³/mol. The van der Waals surface area contributed by atoms with Crippen molar-refractivity contribution in [3.63, 3.8) is 0 Å². The topological polar surface area (TPSA) is 67.7 Å². The highest BCUT2D eigenvalue weighted by Gasteiger charge is 2.31. The molecule has 1 aliphatic heterocycles. The molecule has 2 heterocycles. The molecule has 0 radical (unpaired) electrons. The van der Waals surface area contributed by atoms with Gasteiger partial charge in [0.1, 0.15) is 5.75 Å². The van der Waals surface area contributed by atoms with Crippen molar-refractivity contribution in [2.45, 2.75) is 19.9 Å². The van der Waals surface area contributed by atoms with E-state index in [2.05, 4.69) is 5.10 Å². The minimum Gasteiger partial charge on any atom is -0.495 e. The fourth-order valence-corrected chi connectivity index (χ4v) is 3.58. The third-order valence-corrected chi connectivity index (χ3v) is 5.13. The number of rotatable bonds is 3. The number of methoxy groups -OCH3 is 1. The smallest absolute Gasteiger partial charge is 0.257 e. The van der Waals surface area contributed by atoms with Gasteiger partial charge in [0.05, 0.1) is 23.4 Å². The molecule has 144 valence electrons. The molecule has 0 spiro atoms. The lowest BCUT2D eigenvalue weighted by Gasteiger charge is -2.40. The van der Waals surface area contributed by atoms with Crippen LogP contribution in [0.1, 0.15) is 33.3 Å². The lowest BCUT2D eigenvalue weighted by atomic mass is 10.1. The summed E-state index contributed by atoms with van der Waals surface area (Å²) >= 11 is 6.04. The first-order valence-corrected chi connectivity index (χ1v) is 9.13. The van der Waals surface area contributed by atoms with E-state index in [-0.39, 0.29) is 17.9 Å². The van der Waals surface area contributed by atoms with Gasteiger partial charge >= 0.3 is 0 Å². The van der Waals surface area contributed by atoms with E-state index in [1.165, 1.54) is 7.11 Å². The van der Waals surface area contributed by atoms with E-state index in [1.54, 1.807) is 45.9 Å². The third-order valence-electron chi connectivity index (χ3n) is 4.82. The van der Waals surface area contributed by atoms with E-state index in [1.807, 2.05) is 13.8 Å². The number of benzene rings is 1. The van der Waals surface area contributed by atoms with E-state index in [0.717, 1.165) is 0 Å². The molecule has 8 heteroatoms. The summed E-state index contributed by atoms with van der Waals surface area (Å²) in [5, 5.41) is 4.70. The number of nitrogens with zero attached hydrogens (tertiary/aromatic N) is 4. The number of ether oxygens (including phenoxy) is 1. The summed E-state index contributed by atoms with van der Waals surface area (Å²) in [4.78, 5) is 29.2. The first kappa shape index (κ1) is 19.2. The van der Waals surface area contributed by atoms with Gasteiger partial charge < -0.3 is 14.5 Å². The second kappa shape index (κ2) is 7.60. The number of piperazine rings is 1. The Morgan fingerprint density at radius 1 is 1.26 bits per heavy atom. The van der Waals surface area contributed by atoms with Gasteiger partial charge in [0.25, 0.3) is 11.8 Å². The molecule has 0 bridgehead atoms. The van der Waals surface area contributed by atoms with Crippen LogP contribution in [0.25, 0.3) is 0 Å². The molecular formula is C19H23ClN4O3. The summed E-state index contributed by atoms with van der Waals surface area (Å²) in [5.74, 6) is 0.325. The zero-order valence-corrected chi connectivity index (χ0v) is 16.7. The molecule has 3 rings (SSSR count). The molecular weight excluding hydrogens is 368 g/mol. The largest absolute Gasteiger partial charge is 0.495 e. The Labute approximate surface area is 163 Å². The zero-order valence-electron chi connectivity index (χ0n) is 15.9. The third kappa shape index (κ3) is 3.78. The summed E-state index contributed by atoms with van der Waals surface area (Å²) in [6, 6.07) is 4.89. The van der Waals surface area contributed by atoms with Gasteiger partial charge in [0.2, 0.25) is 0 Å². The van der Waals surface area contributed by atoms with Crippen molar-refractivity contribution in [1.29, 1.82) is 0 Å². The van der Waals surface area contributed by atoms with Gasteiger partial charge in [-0.3, -0.25) is 14.3 Å². The SMILES string of the molecule is COc1cc(C(=O)N2CCN(C(=O)c3cn(C)nc3C)C[C@@H]2C)ccc1Cl. The normalized spacial score (nSPS) is 17.1. The standard InChI is InChI=1S/C19H23ClN4O3/c1-12-10-23(19(26)15-11-22(3)21-13(15)2)7-8-24(12)18(25)14-5-6-16(20)17(9-14)27-4/h5-6,9,11-12H,7-8,10H2,1-4H3/t12-/m0/s1. The molecule has 2 aromatic rings. The van der Waals surface area contributed by atoms with Crippen LogP contribution in [-0.4, -0.2) is 64.2 Å². The Balaban J connectivity index is 1.72. The molecule has 1 aromatic heterocycles. The number of halogens is 1. The number of aromatic nitrogens is 2. The summed E-state index contributed by atoms with van der Waals surface area (Å²) in [7, 11) is 3.31. The van der Waals surface area contributed by atoms with Crippen LogP contribution in [0.3, 0.4) is 0 Å². The summed E-state index contributed by atoms with van der Waals surface area (Å²) in [6.07, 6.45) is 1.74. The second-order valence-electron chi connectivity index (χ2n) is 6.75. The van der Waals surface area contributed by atoms with Gasteiger partial charge in [-0.25, -0.2) is 0 Å². The van der Waals surface area contributed by atoms with Gasteiger partial charge in [0, 0.05) is 44.5 Å². The van der Waals surface area contributed by atoms with Gasteiger partial charge in [-0.15, -0.1) is 0 Å². The molecule has 1 aliphatic rings. The molecule has 0 saturated carbocycles. The Hall–Kier alpha value is -2.54. The van der Waals surface area contributed by atoms with Crippen molar-refractivity contribution in [2.75, 3.05) is 26.7 Å². The van der Waals surface area contributed by atoms with Crippen LogP contribution in [0.4, 0.5) is 0 Å². The van der Waals surface area contributed by atoms with Crippen molar-refractivity contribution in [3.8, 4) is 5.75 Å². The first-order chi connectivity index (χ1) is 12.8. The van der Waals surface area contributed by atoms with Crippen LogP contribution >= 0.6 is 11.6 Å². The van der Waals surface area contributed by atoms with Crippen molar-refractivity contribution in [1.82, 2.24) is 19.6 Å². The zero-order chi connectivity index (χ0) is 19.7. The molecule has 27 heavy (non-hydrogen) atoms. The second-order valence-corrected chi connectivity index (χ2v) is 7.16. The predicted octanol–water partition coefficient (Wildman–Crippen LogP) is 2.38. The first-order valence-electron chi connectivity index (χ1n) is 8.76. The van der Waals surface area contributed by atoms with Gasteiger partial charge in [-0.2, -0.15) is 5.10 Å². The number of amides is 2. The lowest BCUT2D eigenvalue weighted by Crippen LogP contribution is -2.55. The molecule has 0 unspecified atom stereocenters. The Morgan fingerprint density at radius 2 is 2.00 bits per heavy atom. The van der Waals surface area contributed by atoms with Crippen LogP contribution in [0.5, 0.6) is 5.75 Å². The number of carbonyl (C=O) groups is 2. The number of carbonyl (C=O) groups excluding carboxylic acids is 2. The summed E-state index contributed by atoms with van der Waals surface area (Å²) in [5.41, 5.74) is 1.83. The molecule has 1 aromatic carbocycles.